The number of nitrogens with zero attached hydrogens (tertiary/aromatic N) is 1. The van der Waals surface area contributed by atoms with Gasteiger partial charge in [-0.2, -0.15) is 0 Å². The highest BCUT2D eigenvalue weighted by molar-refractivity contribution is 5.95. The van der Waals surface area contributed by atoms with Crippen molar-refractivity contribution in [3.63, 3.8) is 0 Å². The van der Waals surface area contributed by atoms with Crippen LogP contribution in [0.3, 0.4) is 0 Å². The van der Waals surface area contributed by atoms with E-state index in [0.29, 0.717) is 11.7 Å². The van der Waals surface area contributed by atoms with E-state index >= 15 is 0 Å². The van der Waals surface area contributed by atoms with Gasteiger partial charge in [0, 0.05) is 24.0 Å². The number of benzene rings is 1. The fourth-order valence-corrected chi connectivity index (χ4v) is 2.70. The molecule has 1 saturated heterocycles. The van der Waals surface area contributed by atoms with Crippen molar-refractivity contribution in [2.24, 2.45) is 0 Å². The van der Waals surface area contributed by atoms with Crippen LogP contribution in [0.25, 0.3) is 0 Å². The number of aromatic carboxylic acids is 1. The smallest absolute Gasteiger partial charge is 0.337 e. The van der Waals surface area contributed by atoms with E-state index in [-0.39, 0.29) is 5.56 Å². The zero-order valence-electron chi connectivity index (χ0n) is 12.7. The average molecular weight is 312 g/mol. The molecule has 6 heteroatoms. The van der Waals surface area contributed by atoms with Gasteiger partial charge in [-0.15, -0.1) is 0 Å². The van der Waals surface area contributed by atoms with Gasteiger partial charge >= 0.3 is 5.97 Å². The monoisotopic (exact) mass is 312 g/mol. The van der Waals surface area contributed by atoms with Crippen LogP contribution in [0.1, 0.15) is 23.2 Å². The highest BCUT2D eigenvalue weighted by Gasteiger charge is 2.13. The topological polar surface area (TPSA) is 86.3 Å². The minimum absolute atomic E-state index is 0.247. The van der Waals surface area contributed by atoms with Crippen LogP contribution in [0.15, 0.2) is 42.6 Å². The molecule has 0 spiro atoms. The summed E-state index contributed by atoms with van der Waals surface area (Å²) in [6, 6.07) is 11.0. The lowest BCUT2D eigenvalue weighted by Crippen LogP contribution is -2.35. The number of nitrogens with one attached hydrogen (secondary N) is 3. The number of aromatic nitrogens is 1. The van der Waals surface area contributed by atoms with Crippen LogP contribution >= 0.6 is 0 Å². The number of hydrogen-bond donors (Lipinski definition) is 4. The number of para-hydroxylation sites is 1. The van der Waals surface area contributed by atoms with E-state index in [2.05, 4.69) is 20.9 Å². The third-order valence-electron chi connectivity index (χ3n) is 3.89. The lowest BCUT2D eigenvalue weighted by atomic mass is 10.1. The SMILES string of the molecule is O=C(O)c1ccccc1Nc1ccnc(NC2CCNCC2)c1. The van der Waals surface area contributed by atoms with Crippen LogP contribution in [-0.2, 0) is 0 Å². The largest absolute Gasteiger partial charge is 0.478 e. The first-order valence-corrected chi connectivity index (χ1v) is 7.75. The molecule has 23 heavy (non-hydrogen) atoms. The third kappa shape index (κ3) is 3.98. The molecule has 0 radical (unpaired) electrons. The molecule has 0 amide bonds. The fourth-order valence-electron chi connectivity index (χ4n) is 2.70. The second-order valence-electron chi connectivity index (χ2n) is 5.57. The molecule has 4 N–H and O–H groups in total. The van der Waals surface area contributed by atoms with Crippen LogP contribution in [0.5, 0.6) is 0 Å². The number of hydrogen-bond acceptors (Lipinski definition) is 5. The lowest BCUT2D eigenvalue weighted by Gasteiger charge is -2.24. The molecule has 120 valence electrons. The van der Waals surface area contributed by atoms with Crippen molar-refractivity contribution in [2.45, 2.75) is 18.9 Å². The number of pyridine rings is 1. The van der Waals surface area contributed by atoms with E-state index in [4.69, 9.17) is 0 Å². The van der Waals surface area contributed by atoms with E-state index in [9.17, 15) is 9.90 Å². The number of rotatable bonds is 5. The van der Waals surface area contributed by atoms with Crippen molar-refractivity contribution >= 4 is 23.2 Å². The van der Waals surface area contributed by atoms with Crippen molar-refractivity contribution in [1.29, 1.82) is 0 Å². The number of carboxylic acids is 1. The van der Waals surface area contributed by atoms with Crippen molar-refractivity contribution < 1.29 is 9.90 Å². The minimum Gasteiger partial charge on any atom is -0.478 e. The third-order valence-corrected chi connectivity index (χ3v) is 3.89. The predicted octanol–water partition coefficient (Wildman–Crippen LogP) is 2.69. The van der Waals surface area contributed by atoms with Crippen LogP contribution in [0, 0.1) is 0 Å². The molecular weight excluding hydrogens is 292 g/mol. The average Bonchev–Trinajstić information content (AvgIpc) is 2.56. The Balaban J connectivity index is 1.74. The second-order valence-corrected chi connectivity index (χ2v) is 5.57. The maximum absolute atomic E-state index is 11.3. The van der Waals surface area contributed by atoms with Gasteiger partial charge in [0.05, 0.1) is 11.3 Å². The molecule has 0 atom stereocenters. The van der Waals surface area contributed by atoms with Crippen LogP contribution < -0.4 is 16.0 Å². The van der Waals surface area contributed by atoms with E-state index in [1.165, 1.54) is 0 Å². The van der Waals surface area contributed by atoms with Gasteiger partial charge in [-0.3, -0.25) is 0 Å². The zero-order chi connectivity index (χ0) is 16.1. The number of carboxylic acid groups (broad SMARTS) is 1. The Morgan fingerprint density at radius 3 is 2.78 bits per heavy atom. The zero-order valence-corrected chi connectivity index (χ0v) is 12.7. The van der Waals surface area contributed by atoms with Gasteiger partial charge in [-0.1, -0.05) is 12.1 Å². The molecule has 0 aliphatic carbocycles. The maximum Gasteiger partial charge on any atom is 0.337 e. The van der Waals surface area contributed by atoms with Gasteiger partial charge in [0.1, 0.15) is 5.82 Å². The molecule has 2 heterocycles. The quantitative estimate of drug-likeness (QED) is 0.679. The summed E-state index contributed by atoms with van der Waals surface area (Å²) in [6.45, 7) is 2.03. The second kappa shape index (κ2) is 7.11. The number of piperidine rings is 1. The number of carbonyl (C=O) groups is 1. The molecule has 1 aromatic carbocycles. The molecule has 1 aromatic heterocycles. The molecule has 0 unspecified atom stereocenters. The maximum atomic E-state index is 11.3. The van der Waals surface area contributed by atoms with Gasteiger partial charge in [0.15, 0.2) is 0 Å². The summed E-state index contributed by atoms with van der Waals surface area (Å²) in [5.41, 5.74) is 1.63. The summed E-state index contributed by atoms with van der Waals surface area (Å²) >= 11 is 0. The Morgan fingerprint density at radius 1 is 1.22 bits per heavy atom. The van der Waals surface area contributed by atoms with E-state index in [0.717, 1.165) is 37.4 Å². The highest BCUT2D eigenvalue weighted by atomic mass is 16.4. The van der Waals surface area contributed by atoms with Crippen molar-refractivity contribution in [2.75, 3.05) is 23.7 Å². The molecule has 3 rings (SSSR count). The first-order chi connectivity index (χ1) is 11.2. The lowest BCUT2D eigenvalue weighted by molar-refractivity contribution is 0.0698. The van der Waals surface area contributed by atoms with Gasteiger partial charge in [0.2, 0.25) is 0 Å². The molecule has 2 aromatic rings. The Hall–Kier alpha value is -2.60. The van der Waals surface area contributed by atoms with E-state index < -0.39 is 5.97 Å². The summed E-state index contributed by atoms with van der Waals surface area (Å²) in [5.74, 6) is -0.148. The van der Waals surface area contributed by atoms with E-state index in [1.54, 1.807) is 24.4 Å². The normalized spacial score (nSPS) is 15.1. The fraction of sp³-hybridized carbons (Fsp3) is 0.294. The Labute approximate surface area is 134 Å². The minimum atomic E-state index is -0.949. The molecule has 0 saturated carbocycles. The molecular formula is C17H20N4O2. The molecule has 1 aliphatic rings. The molecule has 1 aliphatic heterocycles. The summed E-state index contributed by atoms with van der Waals surface area (Å²) in [5, 5.41) is 19.2. The summed E-state index contributed by atoms with van der Waals surface area (Å²) in [4.78, 5) is 15.6. The Morgan fingerprint density at radius 2 is 2.00 bits per heavy atom. The van der Waals surface area contributed by atoms with Crippen LogP contribution in [-0.4, -0.2) is 35.2 Å². The van der Waals surface area contributed by atoms with Crippen molar-refractivity contribution in [3.8, 4) is 0 Å². The standard InChI is InChI=1S/C17H20N4O2/c22-17(23)14-3-1-2-4-15(14)20-13-7-10-19-16(11-13)21-12-5-8-18-9-6-12/h1-4,7,10-12,18H,5-6,8-9H2,(H,22,23)(H2,19,20,21). The highest BCUT2D eigenvalue weighted by Crippen LogP contribution is 2.22. The van der Waals surface area contributed by atoms with Crippen LogP contribution in [0.2, 0.25) is 0 Å². The van der Waals surface area contributed by atoms with Crippen LogP contribution in [0.4, 0.5) is 17.2 Å². The van der Waals surface area contributed by atoms with Gasteiger partial charge in [-0.25, -0.2) is 9.78 Å². The molecule has 0 bridgehead atoms. The predicted molar refractivity (Wildman–Crippen MR) is 90.4 cm³/mol. The van der Waals surface area contributed by atoms with Crippen molar-refractivity contribution in [3.05, 3.63) is 48.2 Å². The molecule has 1 fully saturated rings. The van der Waals surface area contributed by atoms with Crippen molar-refractivity contribution in [1.82, 2.24) is 10.3 Å². The summed E-state index contributed by atoms with van der Waals surface area (Å²) < 4.78 is 0. The van der Waals surface area contributed by atoms with Gasteiger partial charge in [-0.05, 0) is 44.1 Å². The van der Waals surface area contributed by atoms with Gasteiger partial charge in [0.25, 0.3) is 0 Å². The first kappa shape index (κ1) is 15.3. The molecule has 6 nitrogen and oxygen atoms in total. The first-order valence-electron chi connectivity index (χ1n) is 7.75. The van der Waals surface area contributed by atoms with Gasteiger partial charge < -0.3 is 21.1 Å². The Kier molecular flexibility index (Phi) is 4.73. The Bertz CT molecular complexity index is 684. The summed E-state index contributed by atoms with van der Waals surface area (Å²) in [7, 11) is 0. The summed E-state index contributed by atoms with van der Waals surface area (Å²) in [6.07, 6.45) is 3.86. The number of anilines is 3. The van der Waals surface area contributed by atoms with E-state index in [1.807, 2.05) is 18.2 Å².